The van der Waals surface area contributed by atoms with Gasteiger partial charge < -0.3 is 9.94 Å². The predicted octanol–water partition coefficient (Wildman–Crippen LogP) is 2.45. The highest BCUT2D eigenvalue weighted by atomic mass is 35.5. The summed E-state index contributed by atoms with van der Waals surface area (Å²) in [6.45, 7) is -0.144. The van der Waals surface area contributed by atoms with Gasteiger partial charge in [-0.15, -0.1) is 0 Å². The van der Waals surface area contributed by atoms with Gasteiger partial charge >= 0.3 is 0 Å². The Hall–Kier alpha value is -0.910. The lowest BCUT2D eigenvalue weighted by atomic mass is 10.1. The minimum Gasteiger partial charge on any atom is -0.496 e. The normalized spacial score (nSPS) is 10.9. The molecule has 1 aromatic carbocycles. The number of hydrogen-bond donors (Lipinski definition) is 1. The lowest BCUT2D eigenvalue weighted by molar-refractivity contribution is -0.0742. The Labute approximate surface area is 90.8 Å². The van der Waals surface area contributed by atoms with Crippen LogP contribution in [-0.2, 0) is 6.54 Å². The van der Waals surface area contributed by atoms with Crippen LogP contribution in [0, 0.1) is 11.6 Å². The number of hydrogen-bond acceptors (Lipinski definition) is 3. The molecule has 0 amide bonds. The molecule has 0 spiro atoms. The highest BCUT2D eigenvalue weighted by Crippen LogP contribution is 2.30. The summed E-state index contributed by atoms with van der Waals surface area (Å²) in [5, 5.41) is 9.13. The second-order valence-electron chi connectivity index (χ2n) is 2.98. The molecule has 0 aromatic heterocycles. The van der Waals surface area contributed by atoms with Crippen molar-refractivity contribution >= 4 is 11.6 Å². The Bertz CT molecular complexity index is 372. The van der Waals surface area contributed by atoms with E-state index in [0.29, 0.717) is 0 Å². The summed E-state index contributed by atoms with van der Waals surface area (Å²) >= 11 is 5.39. The molecule has 0 aliphatic rings. The number of methoxy groups -OCH3 is 1. The zero-order valence-corrected chi connectivity index (χ0v) is 8.98. The van der Waals surface area contributed by atoms with Crippen LogP contribution in [0.15, 0.2) is 6.07 Å². The molecule has 0 bridgehead atoms. The van der Waals surface area contributed by atoms with Gasteiger partial charge in [0.15, 0.2) is 5.82 Å². The zero-order chi connectivity index (χ0) is 11.6. The van der Waals surface area contributed by atoms with Crippen LogP contribution in [-0.4, -0.2) is 24.4 Å². The van der Waals surface area contributed by atoms with Crippen molar-refractivity contribution in [2.24, 2.45) is 0 Å². The monoisotopic (exact) mass is 237 g/mol. The van der Waals surface area contributed by atoms with Crippen LogP contribution >= 0.6 is 11.6 Å². The summed E-state index contributed by atoms with van der Waals surface area (Å²) in [4.78, 5) is 0. The average Bonchev–Trinajstić information content (AvgIpc) is 2.18. The van der Waals surface area contributed by atoms with Gasteiger partial charge in [0, 0.05) is 18.7 Å². The maximum atomic E-state index is 13.5. The van der Waals surface area contributed by atoms with E-state index in [-0.39, 0.29) is 17.9 Å². The van der Waals surface area contributed by atoms with Gasteiger partial charge in [0.25, 0.3) is 0 Å². The van der Waals surface area contributed by atoms with Crippen molar-refractivity contribution in [1.82, 2.24) is 5.06 Å². The molecule has 0 unspecified atom stereocenters. The SMILES string of the molecule is COc1cc(F)c(Cl)c(F)c1CN(C)O. The molecule has 0 aliphatic heterocycles. The lowest BCUT2D eigenvalue weighted by Gasteiger charge is -2.14. The minimum absolute atomic E-state index is 0.00824. The molecule has 1 N–H and O–H groups in total. The first kappa shape index (κ1) is 12.2. The quantitative estimate of drug-likeness (QED) is 0.648. The molecule has 6 heteroatoms. The fourth-order valence-electron chi connectivity index (χ4n) is 1.17. The second-order valence-corrected chi connectivity index (χ2v) is 3.36. The van der Waals surface area contributed by atoms with E-state index in [2.05, 4.69) is 0 Å². The lowest BCUT2D eigenvalue weighted by Crippen LogP contribution is -2.14. The molecule has 3 nitrogen and oxygen atoms in total. The van der Waals surface area contributed by atoms with Crippen LogP contribution in [0.2, 0.25) is 5.02 Å². The van der Waals surface area contributed by atoms with Crippen LogP contribution in [0.4, 0.5) is 8.78 Å². The fraction of sp³-hybridized carbons (Fsp3) is 0.333. The first-order valence-electron chi connectivity index (χ1n) is 4.07. The smallest absolute Gasteiger partial charge is 0.153 e. The third-order valence-corrected chi connectivity index (χ3v) is 2.18. The Morgan fingerprint density at radius 2 is 2.13 bits per heavy atom. The molecular weight excluding hydrogens is 228 g/mol. The summed E-state index contributed by atoms with van der Waals surface area (Å²) in [6, 6.07) is 0.976. The molecule has 0 saturated carbocycles. The van der Waals surface area contributed by atoms with Gasteiger partial charge in [-0.3, -0.25) is 0 Å². The number of nitrogens with zero attached hydrogens (tertiary/aromatic N) is 1. The van der Waals surface area contributed by atoms with E-state index in [9.17, 15) is 8.78 Å². The van der Waals surface area contributed by atoms with Crippen LogP contribution < -0.4 is 4.74 Å². The molecule has 1 aromatic rings. The Morgan fingerprint density at radius 3 is 2.60 bits per heavy atom. The summed E-state index contributed by atoms with van der Waals surface area (Å²) < 4.78 is 31.3. The van der Waals surface area contributed by atoms with Crippen molar-refractivity contribution in [3.05, 3.63) is 28.3 Å². The zero-order valence-electron chi connectivity index (χ0n) is 8.22. The van der Waals surface area contributed by atoms with Crippen LogP contribution in [0.25, 0.3) is 0 Å². The number of hydroxylamine groups is 2. The van der Waals surface area contributed by atoms with Crippen molar-refractivity contribution in [2.45, 2.75) is 6.54 Å². The molecule has 0 atom stereocenters. The van der Waals surface area contributed by atoms with Gasteiger partial charge in [-0.2, -0.15) is 5.06 Å². The highest BCUT2D eigenvalue weighted by molar-refractivity contribution is 6.31. The summed E-state index contributed by atoms with van der Waals surface area (Å²) in [7, 11) is 2.61. The number of halogens is 3. The summed E-state index contributed by atoms with van der Waals surface area (Å²) in [5.74, 6) is -1.81. The van der Waals surface area contributed by atoms with Gasteiger partial charge in [-0.25, -0.2) is 8.78 Å². The molecule has 0 fully saturated rings. The second kappa shape index (κ2) is 4.74. The number of benzene rings is 1. The van der Waals surface area contributed by atoms with Crippen molar-refractivity contribution in [1.29, 1.82) is 0 Å². The first-order valence-corrected chi connectivity index (χ1v) is 4.45. The first-order chi connectivity index (χ1) is 6.97. The van der Waals surface area contributed by atoms with Crippen molar-refractivity contribution in [3.8, 4) is 5.75 Å². The largest absolute Gasteiger partial charge is 0.496 e. The van der Waals surface area contributed by atoms with Crippen molar-refractivity contribution in [3.63, 3.8) is 0 Å². The summed E-state index contributed by atoms with van der Waals surface area (Å²) in [6.07, 6.45) is 0. The van der Waals surface area contributed by atoms with Crippen LogP contribution in [0.1, 0.15) is 5.56 Å². The Kier molecular flexibility index (Phi) is 3.84. The number of ether oxygens (including phenoxy) is 1. The molecule has 0 saturated heterocycles. The molecule has 15 heavy (non-hydrogen) atoms. The van der Waals surface area contributed by atoms with Gasteiger partial charge in [-0.05, 0) is 0 Å². The Morgan fingerprint density at radius 1 is 1.53 bits per heavy atom. The third-order valence-electron chi connectivity index (χ3n) is 1.83. The van der Waals surface area contributed by atoms with E-state index in [1.54, 1.807) is 0 Å². The van der Waals surface area contributed by atoms with Crippen LogP contribution in [0.5, 0.6) is 5.75 Å². The van der Waals surface area contributed by atoms with E-state index >= 15 is 0 Å². The highest BCUT2D eigenvalue weighted by Gasteiger charge is 2.18. The summed E-state index contributed by atoms with van der Waals surface area (Å²) in [5.41, 5.74) is 0.00824. The van der Waals surface area contributed by atoms with Crippen molar-refractivity contribution < 1.29 is 18.7 Å². The van der Waals surface area contributed by atoms with Gasteiger partial charge in [-0.1, -0.05) is 11.6 Å². The molecule has 1 rings (SSSR count). The standard InChI is InChI=1S/C9H10ClF2NO2/c1-13(14)4-5-7(15-2)3-6(11)8(10)9(5)12/h3,14H,4H2,1-2H3. The maximum absolute atomic E-state index is 13.5. The van der Waals surface area contributed by atoms with Gasteiger partial charge in [0.05, 0.1) is 13.7 Å². The van der Waals surface area contributed by atoms with E-state index < -0.39 is 16.7 Å². The molecule has 0 heterocycles. The van der Waals surface area contributed by atoms with E-state index in [1.165, 1.54) is 14.2 Å². The molecule has 0 aliphatic carbocycles. The topological polar surface area (TPSA) is 32.7 Å². The third kappa shape index (κ3) is 2.56. The average molecular weight is 238 g/mol. The fourth-order valence-corrected chi connectivity index (χ4v) is 1.34. The molecule has 84 valence electrons. The van der Waals surface area contributed by atoms with Gasteiger partial charge in [0.1, 0.15) is 16.6 Å². The van der Waals surface area contributed by atoms with Crippen molar-refractivity contribution in [2.75, 3.05) is 14.2 Å². The maximum Gasteiger partial charge on any atom is 0.153 e. The Balaban J connectivity index is 3.27. The van der Waals surface area contributed by atoms with E-state index in [1.807, 2.05) is 0 Å². The number of rotatable bonds is 3. The van der Waals surface area contributed by atoms with Gasteiger partial charge in [0.2, 0.25) is 0 Å². The van der Waals surface area contributed by atoms with Crippen LogP contribution in [0.3, 0.4) is 0 Å². The molecular formula is C9H10ClF2NO2. The molecule has 0 radical (unpaired) electrons. The predicted molar refractivity (Wildman–Crippen MR) is 51.2 cm³/mol. The van der Waals surface area contributed by atoms with E-state index in [4.69, 9.17) is 21.5 Å². The minimum atomic E-state index is -0.922. The van der Waals surface area contributed by atoms with E-state index in [0.717, 1.165) is 11.1 Å².